The molecule has 1 aromatic heterocycles. The van der Waals surface area contributed by atoms with Crippen LogP contribution in [0.1, 0.15) is 14.5 Å². The molecule has 1 fully saturated rings. The van der Waals surface area contributed by atoms with E-state index in [1.165, 1.54) is 11.3 Å². The number of nitrogen functional groups attached to an aromatic ring is 1. The van der Waals surface area contributed by atoms with Crippen molar-refractivity contribution < 1.29 is 14.3 Å². The zero-order valence-corrected chi connectivity index (χ0v) is 9.96. The van der Waals surface area contributed by atoms with Gasteiger partial charge in [0, 0.05) is 11.4 Å². The van der Waals surface area contributed by atoms with Crippen LogP contribution in [0.4, 0.5) is 0 Å². The van der Waals surface area contributed by atoms with Gasteiger partial charge in [0.1, 0.15) is 6.61 Å². The van der Waals surface area contributed by atoms with Crippen molar-refractivity contribution in [1.82, 2.24) is 10.3 Å². The van der Waals surface area contributed by atoms with E-state index < -0.39 is 0 Å². The summed E-state index contributed by atoms with van der Waals surface area (Å²) in [6, 6.07) is 3.53. The van der Waals surface area contributed by atoms with Crippen molar-refractivity contribution in [3.05, 3.63) is 21.9 Å². The Bertz CT molecular complexity index is 432. The molecule has 7 heteroatoms. The molecule has 3 N–H and O–H groups in total. The van der Waals surface area contributed by atoms with Gasteiger partial charge in [-0.15, -0.1) is 11.3 Å². The van der Waals surface area contributed by atoms with Gasteiger partial charge in [0.05, 0.1) is 18.0 Å². The van der Waals surface area contributed by atoms with Crippen LogP contribution in [0.5, 0.6) is 0 Å². The number of nitrogens with two attached hydrogens (primary N) is 1. The third kappa shape index (κ3) is 2.82. The van der Waals surface area contributed by atoms with Crippen LogP contribution in [0, 0.1) is 0 Å². The van der Waals surface area contributed by atoms with E-state index in [0.717, 1.165) is 4.88 Å². The van der Waals surface area contributed by atoms with E-state index in [-0.39, 0.29) is 18.4 Å². The van der Waals surface area contributed by atoms with Gasteiger partial charge in [-0.1, -0.05) is 0 Å². The third-order valence-electron chi connectivity index (χ3n) is 2.45. The van der Waals surface area contributed by atoms with E-state index in [0.29, 0.717) is 24.6 Å². The van der Waals surface area contributed by atoms with Gasteiger partial charge in [-0.25, -0.2) is 5.84 Å². The van der Waals surface area contributed by atoms with Crippen LogP contribution >= 0.6 is 11.3 Å². The minimum atomic E-state index is -0.311. The van der Waals surface area contributed by atoms with E-state index >= 15 is 0 Å². The molecule has 92 valence electrons. The molecular weight excluding hydrogens is 242 g/mol. The predicted molar refractivity (Wildman–Crippen MR) is 62.2 cm³/mol. The molecular formula is C10H13N3O3S. The minimum absolute atomic E-state index is 0.0190. The number of rotatable bonds is 3. The van der Waals surface area contributed by atoms with Gasteiger partial charge < -0.3 is 9.64 Å². The highest BCUT2D eigenvalue weighted by Crippen LogP contribution is 2.18. The second-order valence-corrected chi connectivity index (χ2v) is 4.78. The fraction of sp³-hybridized carbons (Fsp3) is 0.400. The highest BCUT2D eigenvalue weighted by atomic mass is 32.1. The van der Waals surface area contributed by atoms with Crippen LogP contribution in [-0.4, -0.2) is 36.5 Å². The topological polar surface area (TPSA) is 84.7 Å². The first-order valence-electron chi connectivity index (χ1n) is 5.16. The number of carbonyl (C=O) groups excluding carboxylic acids is 2. The van der Waals surface area contributed by atoms with Crippen molar-refractivity contribution in [1.29, 1.82) is 0 Å². The predicted octanol–water partition coefficient (Wildman–Crippen LogP) is -0.290. The molecule has 0 saturated carbocycles. The van der Waals surface area contributed by atoms with Gasteiger partial charge in [0.25, 0.3) is 5.91 Å². The Morgan fingerprint density at radius 3 is 3.12 bits per heavy atom. The molecule has 1 saturated heterocycles. The van der Waals surface area contributed by atoms with E-state index in [9.17, 15) is 9.59 Å². The van der Waals surface area contributed by atoms with E-state index in [4.69, 9.17) is 10.6 Å². The van der Waals surface area contributed by atoms with E-state index in [1.807, 2.05) is 6.07 Å². The monoisotopic (exact) mass is 255 g/mol. The Morgan fingerprint density at radius 1 is 1.59 bits per heavy atom. The van der Waals surface area contributed by atoms with Crippen molar-refractivity contribution in [3.8, 4) is 0 Å². The van der Waals surface area contributed by atoms with Crippen LogP contribution in [-0.2, 0) is 16.1 Å². The van der Waals surface area contributed by atoms with Gasteiger partial charge in [0.15, 0.2) is 0 Å². The highest BCUT2D eigenvalue weighted by molar-refractivity contribution is 7.14. The molecule has 1 aromatic rings. The summed E-state index contributed by atoms with van der Waals surface area (Å²) in [7, 11) is 0. The largest absolute Gasteiger partial charge is 0.370 e. The fourth-order valence-corrected chi connectivity index (χ4v) is 2.49. The Kier molecular flexibility index (Phi) is 3.72. The first kappa shape index (κ1) is 12.0. The molecule has 1 aliphatic heterocycles. The van der Waals surface area contributed by atoms with Crippen LogP contribution in [0.2, 0.25) is 0 Å². The lowest BCUT2D eigenvalue weighted by Crippen LogP contribution is -2.40. The Labute approximate surface area is 102 Å². The maximum Gasteiger partial charge on any atom is 0.275 e. The number of nitrogens with one attached hydrogen (secondary N) is 1. The first-order chi connectivity index (χ1) is 8.20. The summed E-state index contributed by atoms with van der Waals surface area (Å²) in [5.74, 6) is 4.72. The molecule has 0 unspecified atom stereocenters. The Balaban J connectivity index is 2.01. The lowest BCUT2D eigenvalue weighted by atomic mass is 10.3. The number of nitrogens with zero attached hydrogens (tertiary/aromatic N) is 1. The third-order valence-corrected chi connectivity index (χ3v) is 3.52. The molecule has 6 nitrogen and oxygen atoms in total. The Hall–Kier alpha value is -1.44. The average Bonchev–Trinajstić information content (AvgIpc) is 2.80. The summed E-state index contributed by atoms with van der Waals surface area (Å²) in [4.78, 5) is 26.0. The molecule has 0 bridgehead atoms. The van der Waals surface area contributed by atoms with E-state index in [2.05, 4.69) is 5.43 Å². The lowest BCUT2D eigenvalue weighted by Gasteiger charge is -2.26. The van der Waals surface area contributed by atoms with E-state index in [1.54, 1.807) is 11.0 Å². The summed E-state index contributed by atoms with van der Waals surface area (Å²) in [6.07, 6.45) is 0. The van der Waals surface area contributed by atoms with Crippen molar-refractivity contribution in [3.63, 3.8) is 0 Å². The van der Waals surface area contributed by atoms with Gasteiger partial charge in [0.2, 0.25) is 5.91 Å². The molecule has 0 spiro atoms. The summed E-state index contributed by atoms with van der Waals surface area (Å²) in [6.45, 7) is 1.81. The smallest absolute Gasteiger partial charge is 0.275 e. The minimum Gasteiger partial charge on any atom is -0.370 e. The normalized spacial score (nSPS) is 16.1. The Morgan fingerprint density at radius 2 is 2.41 bits per heavy atom. The highest BCUT2D eigenvalue weighted by Gasteiger charge is 2.19. The quantitative estimate of drug-likeness (QED) is 0.441. The molecule has 2 amide bonds. The summed E-state index contributed by atoms with van der Waals surface area (Å²) >= 11 is 1.33. The number of hydrogen-bond acceptors (Lipinski definition) is 5. The van der Waals surface area contributed by atoms with Crippen molar-refractivity contribution >= 4 is 23.2 Å². The number of carbonyl (C=O) groups is 2. The van der Waals surface area contributed by atoms with Crippen LogP contribution in [0.3, 0.4) is 0 Å². The molecule has 0 aliphatic carbocycles. The number of thiophene rings is 1. The van der Waals surface area contributed by atoms with Crippen LogP contribution in [0.25, 0.3) is 0 Å². The van der Waals surface area contributed by atoms with Crippen LogP contribution < -0.4 is 11.3 Å². The maximum absolute atomic E-state index is 11.5. The second-order valence-electron chi connectivity index (χ2n) is 3.61. The fourth-order valence-electron chi connectivity index (χ4n) is 1.56. The number of hydrogen-bond donors (Lipinski definition) is 2. The lowest BCUT2D eigenvalue weighted by molar-refractivity contribution is -0.143. The molecule has 17 heavy (non-hydrogen) atoms. The van der Waals surface area contributed by atoms with Gasteiger partial charge in [-0.05, 0) is 12.1 Å². The number of ether oxygens (including phenoxy) is 1. The zero-order valence-electron chi connectivity index (χ0n) is 9.14. The molecule has 0 radical (unpaired) electrons. The standard InChI is InChI=1S/C10H13N3O3S/c11-12-10(15)8-2-1-7(17-8)5-13-3-4-16-6-9(13)14/h1-2H,3-6,11H2,(H,12,15). The van der Waals surface area contributed by atoms with Crippen molar-refractivity contribution in [2.75, 3.05) is 19.8 Å². The van der Waals surface area contributed by atoms with Crippen molar-refractivity contribution in [2.45, 2.75) is 6.54 Å². The van der Waals surface area contributed by atoms with Crippen molar-refractivity contribution in [2.24, 2.45) is 5.84 Å². The first-order valence-corrected chi connectivity index (χ1v) is 5.97. The number of hydrazine groups is 1. The molecule has 2 rings (SSSR count). The zero-order chi connectivity index (χ0) is 12.3. The summed E-state index contributed by atoms with van der Waals surface area (Å²) in [5.41, 5.74) is 2.08. The average molecular weight is 255 g/mol. The molecule has 1 aliphatic rings. The maximum atomic E-state index is 11.5. The van der Waals surface area contributed by atoms with Crippen LogP contribution in [0.15, 0.2) is 12.1 Å². The summed E-state index contributed by atoms with van der Waals surface area (Å²) in [5, 5.41) is 0. The molecule has 2 heterocycles. The SMILES string of the molecule is NNC(=O)c1ccc(CN2CCOCC2=O)s1. The van der Waals surface area contributed by atoms with Gasteiger partial charge in [-0.3, -0.25) is 15.0 Å². The number of amides is 2. The molecule has 0 aromatic carbocycles. The number of morpholine rings is 1. The van der Waals surface area contributed by atoms with Gasteiger partial charge in [-0.2, -0.15) is 0 Å². The molecule has 0 atom stereocenters. The second kappa shape index (κ2) is 5.26. The van der Waals surface area contributed by atoms with Gasteiger partial charge >= 0.3 is 0 Å². The summed E-state index contributed by atoms with van der Waals surface area (Å²) < 4.78 is 5.04.